The van der Waals surface area contributed by atoms with Crippen molar-refractivity contribution in [2.24, 2.45) is 0 Å². The highest BCUT2D eigenvalue weighted by molar-refractivity contribution is 7.99. The minimum absolute atomic E-state index is 0.137. The van der Waals surface area contributed by atoms with Crippen LogP contribution in [0.3, 0.4) is 0 Å². The third-order valence-electron chi connectivity index (χ3n) is 3.41. The molecule has 1 atom stereocenters. The first-order chi connectivity index (χ1) is 10.4. The number of amides is 1. The van der Waals surface area contributed by atoms with E-state index in [2.05, 4.69) is 5.32 Å². The van der Waals surface area contributed by atoms with E-state index in [1.54, 1.807) is 0 Å². The van der Waals surface area contributed by atoms with Crippen molar-refractivity contribution in [2.75, 3.05) is 5.32 Å². The van der Waals surface area contributed by atoms with Crippen LogP contribution in [0.2, 0.25) is 0 Å². The topological polar surface area (TPSA) is 29.1 Å². The Morgan fingerprint density at radius 1 is 1.05 bits per heavy atom. The van der Waals surface area contributed by atoms with E-state index >= 15 is 0 Å². The molecule has 114 valence electrons. The lowest BCUT2D eigenvalue weighted by Crippen LogP contribution is -2.12. The Labute approximate surface area is 129 Å². The molecule has 1 unspecified atom stereocenters. The number of rotatable bonds is 1. The number of benzene rings is 2. The van der Waals surface area contributed by atoms with Crippen LogP contribution in [0, 0.1) is 0 Å². The number of alkyl halides is 3. The lowest BCUT2D eigenvalue weighted by molar-refractivity contribution is -0.137. The summed E-state index contributed by atoms with van der Waals surface area (Å²) in [6.07, 6.45) is -4.12. The first kappa shape index (κ1) is 15.0. The lowest BCUT2D eigenvalue weighted by Gasteiger charge is -2.15. The van der Waals surface area contributed by atoms with Gasteiger partial charge in [0.25, 0.3) is 0 Å². The fourth-order valence-corrected chi connectivity index (χ4v) is 3.55. The van der Waals surface area contributed by atoms with E-state index < -0.39 is 11.7 Å². The second-order valence-corrected chi connectivity index (χ2v) is 6.22. The Hall–Kier alpha value is -1.95. The van der Waals surface area contributed by atoms with Crippen molar-refractivity contribution in [3.05, 3.63) is 59.7 Å². The molecule has 0 bridgehead atoms. The molecule has 1 N–H and O–H groups in total. The summed E-state index contributed by atoms with van der Waals surface area (Å²) < 4.78 is 37.8. The SMILES string of the molecule is O=C1CC(c2ccc(C(F)(F)F)cc2)Sc2ccccc2N1. The van der Waals surface area contributed by atoms with Crippen LogP contribution in [-0.2, 0) is 11.0 Å². The molecule has 6 heteroatoms. The first-order valence-corrected chi connectivity index (χ1v) is 7.54. The standard InChI is InChI=1S/C16H12F3NOS/c17-16(18,19)11-7-5-10(6-8-11)14-9-15(21)20-12-3-1-2-4-13(12)22-14/h1-8,14H,9H2,(H,20,21). The maximum Gasteiger partial charge on any atom is 0.416 e. The smallest absolute Gasteiger partial charge is 0.325 e. The van der Waals surface area contributed by atoms with Gasteiger partial charge in [0.1, 0.15) is 0 Å². The second-order valence-electron chi connectivity index (χ2n) is 4.97. The molecule has 1 aliphatic heterocycles. The second kappa shape index (κ2) is 5.68. The summed E-state index contributed by atoms with van der Waals surface area (Å²) in [5.74, 6) is -0.137. The Kier molecular flexibility index (Phi) is 3.87. The average Bonchev–Trinajstić information content (AvgIpc) is 2.64. The number of carbonyl (C=O) groups excluding carboxylic acids is 1. The van der Waals surface area contributed by atoms with E-state index in [1.165, 1.54) is 23.9 Å². The van der Waals surface area contributed by atoms with E-state index in [9.17, 15) is 18.0 Å². The Bertz CT molecular complexity index is 697. The van der Waals surface area contributed by atoms with Crippen molar-refractivity contribution in [3.8, 4) is 0 Å². The highest BCUT2D eigenvalue weighted by Crippen LogP contribution is 2.43. The largest absolute Gasteiger partial charge is 0.416 e. The minimum Gasteiger partial charge on any atom is -0.325 e. The van der Waals surface area contributed by atoms with Crippen LogP contribution >= 0.6 is 11.8 Å². The van der Waals surface area contributed by atoms with Crippen molar-refractivity contribution in [2.45, 2.75) is 22.7 Å². The number of para-hydroxylation sites is 1. The molecule has 0 fully saturated rings. The van der Waals surface area contributed by atoms with E-state index in [1.807, 2.05) is 24.3 Å². The average molecular weight is 323 g/mol. The van der Waals surface area contributed by atoms with Gasteiger partial charge in [0.05, 0.1) is 11.3 Å². The summed E-state index contributed by atoms with van der Waals surface area (Å²) in [4.78, 5) is 12.9. The van der Waals surface area contributed by atoms with Gasteiger partial charge in [-0.05, 0) is 29.8 Å². The van der Waals surface area contributed by atoms with E-state index in [-0.39, 0.29) is 17.6 Å². The van der Waals surface area contributed by atoms with E-state index in [4.69, 9.17) is 0 Å². The van der Waals surface area contributed by atoms with Crippen molar-refractivity contribution >= 4 is 23.4 Å². The van der Waals surface area contributed by atoms with Gasteiger partial charge in [0, 0.05) is 16.6 Å². The quantitative estimate of drug-likeness (QED) is 0.810. The Morgan fingerprint density at radius 3 is 2.41 bits per heavy atom. The molecule has 1 amide bonds. The maximum absolute atomic E-state index is 12.6. The molecule has 2 aromatic rings. The molecule has 0 aliphatic carbocycles. The molecule has 1 heterocycles. The fraction of sp³-hybridized carbons (Fsp3) is 0.188. The van der Waals surface area contributed by atoms with Crippen molar-refractivity contribution in [3.63, 3.8) is 0 Å². The van der Waals surface area contributed by atoms with Crippen molar-refractivity contribution in [1.29, 1.82) is 0 Å². The summed E-state index contributed by atoms with van der Waals surface area (Å²) >= 11 is 1.48. The van der Waals surface area contributed by atoms with Gasteiger partial charge in [-0.25, -0.2) is 0 Å². The number of anilines is 1. The first-order valence-electron chi connectivity index (χ1n) is 6.66. The third kappa shape index (κ3) is 3.11. The summed E-state index contributed by atoms with van der Waals surface area (Å²) in [5, 5.41) is 2.62. The predicted octanol–water partition coefficient (Wildman–Crippen LogP) is 4.88. The van der Waals surface area contributed by atoms with Crippen LogP contribution in [0.15, 0.2) is 53.4 Å². The van der Waals surface area contributed by atoms with Gasteiger partial charge in [0.15, 0.2) is 0 Å². The lowest BCUT2D eigenvalue weighted by atomic mass is 10.1. The van der Waals surface area contributed by atoms with Crippen LogP contribution in [0.5, 0.6) is 0 Å². The number of hydrogen-bond acceptors (Lipinski definition) is 2. The predicted molar refractivity (Wildman–Crippen MR) is 79.7 cm³/mol. The number of halogens is 3. The Morgan fingerprint density at radius 2 is 1.73 bits per heavy atom. The van der Waals surface area contributed by atoms with E-state index in [0.717, 1.165) is 22.7 Å². The van der Waals surface area contributed by atoms with E-state index in [0.29, 0.717) is 5.56 Å². The van der Waals surface area contributed by atoms with Crippen LogP contribution in [0.1, 0.15) is 22.8 Å². The third-order valence-corrected chi connectivity index (χ3v) is 4.74. The molecule has 0 saturated carbocycles. The molecule has 0 aromatic heterocycles. The summed E-state index contributed by atoms with van der Waals surface area (Å²) in [7, 11) is 0. The molecular formula is C16H12F3NOS. The fourth-order valence-electron chi connectivity index (χ4n) is 2.31. The normalized spacial score (nSPS) is 18.3. The molecule has 1 aliphatic rings. The van der Waals surface area contributed by atoms with Gasteiger partial charge in [-0.2, -0.15) is 13.2 Å². The molecular weight excluding hydrogens is 311 g/mol. The summed E-state index contributed by atoms with van der Waals surface area (Å²) in [6.45, 7) is 0. The van der Waals surface area contributed by atoms with Gasteiger partial charge in [-0.15, -0.1) is 11.8 Å². The minimum atomic E-state index is -4.35. The van der Waals surface area contributed by atoms with Crippen molar-refractivity contribution in [1.82, 2.24) is 0 Å². The van der Waals surface area contributed by atoms with Gasteiger partial charge < -0.3 is 5.32 Å². The summed E-state index contributed by atoms with van der Waals surface area (Å²) in [5.41, 5.74) is 0.775. The number of carbonyl (C=O) groups is 1. The van der Waals surface area contributed by atoms with Crippen molar-refractivity contribution < 1.29 is 18.0 Å². The number of nitrogens with one attached hydrogen (secondary N) is 1. The zero-order valence-corrected chi connectivity index (χ0v) is 12.2. The number of thioether (sulfide) groups is 1. The van der Waals surface area contributed by atoms with Gasteiger partial charge in [-0.1, -0.05) is 24.3 Å². The van der Waals surface area contributed by atoms with Crippen LogP contribution in [0.4, 0.5) is 18.9 Å². The Balaban J connectivity index is 1.90. The highest BCUT2D eigenvalue weighted by atomic mass is 32.2. The molecule has 0 radical (unpaired) electrons. The number of fused-ring (bicyclic) bond motifs is 1. The molecule has 0 saturated heterocycles. The number of hydrogen-bond donors (Lipinski definition) is 1. The molecule has 2 aromatic carbocycles. The molecule has 22 heavy (non-hydrogen) atoms. The molecule has 2 nitrogen and oxygen atoms in total. The van der Waals surface area contributed by atoms with Crippen LogP contribution < -0.4 is 5.32 Å². The zero-order chi connectivity index (χ0) is 15.7. The van der Waals surface area contributed by atoms with Gasteiger partial charge in [0.2, 0.25) is 5.91 Å². The maximum atomic E-state index is 12.6. The summed E-state index contributed by atoms with van der Waals surface area (Å²) in [6, 6.07) is 12.4. The van der Waals surface area contributed by atoms with Gasteiger partial charge >= 0.3 is 6.18 Å². The van der Waals surface area contributed by atoms with Gasteiger partial charge in [-0.3, -0.25) is 4.79 Å². The highest BCUT2D eigenvalue weighted by Gasteiger charge is 2.31. The zero-order valence-electron chi connectivity index (χ0n) is 11.4. The van der Waals surface area contributed by atoms with Crippen LogP contribution in [0.25, 0.3) is 0 Å². The van der Waals surface area contributed by atoms with Crippen LogP contribution in [-0.4, -0.2) is 5.91 Å². The molecule has 3 rings (SSSR count). The monoisotopic (exact) mass is 323 g/mol. The molecule has 0 spiro atoms.